The molecule has 1 rings (SSSR count). The van der Waals surface area contributed by atoms with Gasteiger partial charge in [0.2, 0.25) is 16.6 Å². The lowest BCUT2D eigenvalue weighted by Crippen LogP contribution is -2.50. The van der Waals surface area contributed by atoms with E-state index < -0.39 is 26.4 Å². The Bertz CT molecular complexity index is 550. The molecule has 2 unspecified atom stereocenters. The van der Waals surface area contributed by atoms with Gasteiger partial charge in [0.1, 0.15) is 0 Å². The third-order valence-corrected chi connectivity index (χ3v) is 8.64. The molecule has 0 aromatic heterocycles. The highest BCUT2D eigenvalue weighted by atomic mass is 35.6. The number of hydrogen-bond acceptors (Lipinski definition) is 2. The van der Waals surface area contributed by atoms with Crippen LogP contribution >= 0.6 is 139 Å². The van der Waals surface area contributed by atoms with Crippen molar-refractivity contribution in [2.24, 2.45) is 0 Å². The molecular formula is C12H6Cl12O2. The number of alkyl halides is 12. The lowest BCUT2D eigenvalue weighted by Gasteiger charge is -2.41. The molecule has 0 spiro atoms. The van der Waals surface area contributed by atoms with Crippen LogP contribution in [0.1, 0.15) is 11.1 Å². The monoisotopic (exact) mass is 602 g/mol. The van der Waals surface area contributed by atoms with Crippen LogP contribution in [0.25, 0.3) is 0 Å². The first kappa shape index (κ1) is 26.7. The van der Waals surface area contributed by atoms with E-state index in [4.69, 9.17) is 139 Å². The van der Waals surface area contributed by atoms with E-state index in [9.17, 15) is 10.2 Å². The molecule has 0 bridgehead atoms. The molecular weight excluding hydrogens is 602 g/mol. The van der Waals surface area contributed by atoms with Gasteiger partial charge in [0.05, 0.1) is 0 Å². The van der Waals surface area contributed by atoms with E-state index in [1.165, 1.54) is 24.3 Å². The van der Waals surface area contributed by atoms with Crippen LogP contribution in [0.2, 0.25) is 0 Å². The molecule has 0 heterocycles. The summed E-state index contributed by atoms with van der Waals surface area (Å²) in [7, 11) is 0. The standard InChI is InChI=1S/C12H6Cl12O2/c13-7(9(15,16)17,11(21,22)25)5-1-2-6(4-3-5)8(14,10(18,19)20)12(23,24)26/h1-4,25-26H. The Morgan fingerprint density at radius 3 is 0.769 bits per heavy atom. The van der Waals surface area contributed by atoms with Crippen molar-refractivity contribution in [3.05, 3.63) is 35.4 Å². The Morgan fingerprint density at radius 2 is 0.654 bits per heavy atom. The fraction of sp³-hybridized carbons (Fsp3) is 0.500. The van der Waals surface area contributed by atoms with Gasteiger partial charge in [-0.2, -0.15) is 0 Å². The highest BCUT2D eigenvalue weighted by molar-refractivity contribution is 6.73. The predicted octanol–water partition coefficient (Wildman–Crippen LogP) is 7.54. The minimum Gasteiger partial charge on any atom is -0.361 e. The SMILES string of the molecule is OC(Cl)(Cl)C(Cl)(c1ccc(C(Cl)(C(O)(Cl)Cl)C(Cl)(Cl)Cl)cc1)C(Cl)(Cl)Cl. The van der Waals surface area contributed by atoms with E-state index in [2.05, 4.69) is 0 Å². The van der Waals surface area contributed by atoms with Crippen molar-refractivity contribution in [2.45, 2.75) is 26.4 Å². The zero-order chi connectivity index (χ0) is 21.0. The Balaban J connectivity index is 3.61. The number of hydrogen-bond donors (Lipinski definition) is 2. The Labute approximate surface area is 209 Å². The van der Waals surface area contributed by atoms with Gasteiger partial charge >= 0.3 is 0 Å². The molecule has 0 aliphatic rings. The van der Waals surface area contributed by atoms with E-state index in [0.717, 1.165) is 0 Å². The number of benzene rings is 1. The first-order valence-corrected chi connectivity index (χ1v) is 10.6. The largest absolute Gasteiger partial charge is 0.361 e. The van der Waals surface area contributed by atoms with Crippen molar-refractivity contribution < 1.29 is 10.2 Å². The highest BCUT2D eigenvalue weighted by Gasteiger charge is 2.63. The predicted molar refractivity (Wildman–Crippen MR) is 115 cm³/mol. The van der Waals surface area contributed by atoms with Crippen LogP contribution in [0.4, 0.5) is 0 Å². The van der Waals surface area contributed by atoms with Gasteiger partial charge in [-0.25, -0.2) is 0 Å². The van der Waals surface area contributed by atoms with Crippen molar-refractivity contribution in [3.63, 3.8) is 0 Å². The Kier molecular flexibility index (Phi) is 8.49. The second-order valence-corrected chi connectivity index (χ2v) is 13.2. The van der Waals surface area contributed by atoms with Crippen LogP contribution in [0, 0.1) is 0 Å². The smallest absolute Gasteiger partial charge is 0.243 e. The van der Waals surface area contributed by atoms with Crippen molar-refractivity contribution in [2.75, 3.05) is 0 Å². The van der Waals surface area contributed by atoms with Crippen LogP contribution in [0.15, 0.2) is 24.3 Å². The molecule has 26 heavy (non-hydrogen) atoms. The summed E-state index contributed by atoms with van der Waals surface area (Å²) < 4.78 is -10.1. The van der Waals surface area contributed by atoms with Crippen LogP contribution in [0.5, 0.6) is 0 Å². The van der Waals surface area contributed by atoms with Crippen molar-refractivity contribution >= 4 is 139 Å². The van der Waals surface area contributed by atoms with Gasteiger partial charge in [-0.1, -0.05) is 140 Å². The molecule has 150 valence electrons. The number of halogens is 12. The maximum Gasteiger partial charge on any atom is 0.243 e. The molecule has 2 nitrogen and oxygen atoms in total. The second-order valence-electron chi connectivity index (χ2n) is 4.97. The summed E-state index contributed by atoms with van der Waals surface area (Å²) in [5.74, 6) is 0. The lowest BCUT2D eigenvalue weighted by atomic mass is 9.94. The average Bonchev–Trinajstić information content (AvgIpc) is 2.40. The summed E-state index contributed by atoms with van der Waals surface area (Å²) in [5, 5.41) is 20.0. The molecule has 0 fully saturated rings. The molecule has 0 aliphatic heterocycles. The molecule has 0 radical (unpaired) electrons. The minimum absolute atomic E-state index is 0.0496. The van der Waals surface area contributed by atoms with Gasteiger partial charge in [-0.05, 0) is 11.1 Å². The molecule has 14 heteroatoms. The summed E-state index contributed by atoms with van der Waals surface area (Å²) >= 11 is 70.3. The minimum atomic E-state index is -2.71. The van der Waals surface area contributed by atoms with Crippen molar-refractivity contribution in [1.29, 1.82) is 0 Å². The van der Waals surface area contributed by atoms with Crippen LogP contribution in [-0.4, -0.2) is 26.8 Å². The van der Waals surface area contributed by atoms with E-state index in [-0.39, 0.29) is 11.1 Å². The third kappa shape index (κ3) is 4.75. The fourth-order valence-electron chi connectivity index (χ4n) is 1.95. The quantitative estimate of drug-likeness (QED) is 0.347. The number of aliphatic hydroxyl groups is 2. The maximum atomic E-state index is 9.99. The number of rotatable bonds is 4. The van der Waals surface area contributed by atoms with Crippen LogP contribution in [-0.2, 0) is 9.75 Å². The van der Waals surface area contributed by atoms with Crippen LogP contribution in [0.3, 0.4) is 0 Å². The average molecular weight is 608 g/mol. The van der Waals surface area contributed by atoms with Crippen LogP contribution < -0.4 is 0 Å². The maximum absolute atomic E-state index is 9.99. The molecule has 0 saturated carbocycles. The molecule has 1 aromatic carbocycles. The third-order valence-electron chi connectivity index (χ3n) is 3.29. The topological polar surface area (TPSA) is 40.5 Å². The highest BCUT2D eigenvalue weighted by Crippen LogP contribution is 2.61. The zero-order valence-corrected chi connectivity index (χ0v) is 20.8. The van der Waals surface area contributed by atoms with Crippen molar-refractivity contribution in [3.8, 4) is 0 Å². The van der Waals surface area contributed by atoms with E-state index in [0.29, 0.717) is 0 Å². The summed E-state index contributed by atoms with van der Waals surface area (Å²) in [6.45, 7) is 0. The van der Waals surface area contributed by atoms with Gasteiger partial charge < -0.3 is 10.2 Å². The summed E-state index contributed by atoms with van der Waals surface area (Å²) in [4.78, 5) is -4.64. The summed E-state index contributed by atoms with van der Waals surface area (Å²) in [5.41, 5.74) is -0.0992. The molecule has 0 amide bonds. The van der Waals surface area contributed by atoms with E-state index >= 15 is 0 Å². The lowest BCUT2D eigenvalue weighted by molar-refractivity contribution is 0.159. The van der Waals surface area contributed by atoms with Gasteiger partial charge in [0.15, 0.2) is 9.75 Å². The molecule has 0 saturated heterocycles. The molecule has 2 N–H and O–H groups in total. The van der Waals surface area contributed by atoms with Crippen molar-refractivity contribution in [1.82, 2.24) is 0 Å². The van der Waals surface area contributed by atoms with Gasteiger partial charge in [0.25, 0.3) is 0 Å². The molecule has 0 aliphatic carbocycles. The van der Waals surface area contributed by atoms with Gasteiger partial charge in [0, 0.05) is 0 Å². The Morgan fingerprint density at radius 1 is 0.462 bits per heavy atom. The first-order valence-electron chi connectivity index (χ1n) is 6.04. The fourth-order valence-corrected chi connectivity index (χ4v) is 5.26. The first-order chi connectivity index (χ1) is 11.2. The van der Waals surface area contributed by atoms with Gasteiger partial charge in [-0.3, -0.25) is 0 Å². The normalized spacial score (nSPS) is 19.0. The van der Waals surface area contributed by atoms with Gasteiger partial charge in [-0.15, -0.1) is 23.2 Å². The zero-order valence-electron chi connectivity index (χ0n) is 11.7. The Hall–Kier alpha value is 2.62. The molecule has 2 atom stereocenters. The van der Waals surface area contributed by atoms with E-state index in [1.54, 1.807) is 0 Å². The molecule has 1 aromatic rings. The summed E-state index contributed by atoms with van der Waals surface area (Å²) in [6.07, 6.45) is 0. The second kappa shape index (κ2) is 8.28. The van der Waals surface area contributed by atoms with E-state index in [1.807, 2.05) is 0 Å². The summed E-state index contributed by atoms with van der Waals surface area (Å²) in [6, 6.07) is 4.81.